The fourth-order valence-electron chi connectivity index (χ4n) is 2.23. The number of benzene rings is 1. The van der Waals surface area contributed by atoms with Gasteiger partial charge in [-0.15, -0.1) is 0 Å². The Morgan fingerprint density at radius 3 is 2.80 bits per heavy atom. The van der Waals surface area contributed by atoms with E-state index < -0.39 is 0 Å². The van der Waals surface area contributed by atoms with E-state index in [4.69, 9.17) is 17.3 Å². The van der Waals surface area contributed by atoms with Gasteiger partial charge in [0.2, 0.25) is 0 Å². The van der Waals surface area contributed by atoms with E-state index in [9.17, 15) is 4.39 Å². The summed E-state index contributed by atoms with van der Waals surface area (Å²) in [6.45, 7) is 1.07. The van der Waals surface area contributed by atoms with Gasteiger partial charge in [-0.25, -0.2) is 4.39 Å². The highest BCUT2D eigenvalue weighted by atomic mass is 35.5. The van der Waals surface area contributed by atoms with Gasteiger partial charge in [0.1, 0.15) is 5.82 Å². The van der Waals surface area contributed by atoms with Crippen molar-refractivity contribution in [1.82, 2.24) is 9.88 Å². The van der Waals surface area contributed by atoms with E-state index in [0.29, 0.717) is 18.1 Å². The second-order valence-electron chi connectivity index (χ2n) is 4.73. The lowest BCUT2D eigenvalue weighted by Crippen LogP contribution is -2.30. The molecule has 0 saturated heterocycles. The van der Waals surface area contributed by atoms with Gasteiger partial charge in [0.25, 0.3) is 0 Å². The van der Waals surface area contributed by atoms with Crippen LogP contribution >= 0.6 is 11.6 Å². The van der Waals surface area contributed by atoms with E-state index in [-0.39, 0.29) is 11.9 Å². The minimum Gasteiger partial charge on any atom is -0.329 e. The first-order chi connectivity index (χ1) is 9.60. The number of pyridine rings is 1. The summed E-state index contributed by atoms with van der Waals surface area (Å²) in [6.07, 6.45) is 3.54. The molecule has 0 fully saturated rings. The first kappa shape index (κ1) is 14.9. The molecule has 0 aliphatic carbocycles. The summed E-state index contributed by atoms with van der Waals surface area (Å²) in [7, 11) is 1.95. The second-order valence-corrected chi connectivity index (χ2v) is 5.17. The van der Waals surface area contributed by atoms with Crippen LogP contribution in [0.2, 0.25) is 5.02 Å². The molecule has 2 aromatic rings. The molecular weight excluding hydrogens is 277 g/mol. The van der Waals surface area contributed by atoms with Crippen molar-refractivity contribution in [1.29, 1.82) is 0 Å². The summed E-state index contributed by atoms with van der Waals surface area (Å²) >= 11 is 5.91. The molecule has 5 heteroatoms. The lowest BCUT2D eigenvalue weighted by molar-refractivity contribution is 0.241. The van der Waals surface area contributed by atoms with Crippen LogP contribution in [-0.4, -0.2) is 23.5 Å². The maximum atomic E-state index is 13.5. The minimum atomic E-state index is -0.347. The first-order valence-electron chi connectivity index (χ1n) is 6.35. The minimum absolute atomic E-state index is 0.0941. The fraction of sp³-hybridized carbons (Fsp3) is 0.267. The Balaban J connectivity index is 2.18. The summed E-state index contributed by atoms with van der Waals surface area (Å²) in [6, 6.07) is 8.31. The summed E-state index contributed by atoms with van der Waals surface area (Å²) < 4.78 is 13.5. The van der Waals surface area contributed by atoms with E-state index in [1.165, 1.54) is 12.1 Å². The second kappa shape index (κ2) is 6.79. The van der Waals surface area contributed by atoms with E-state index in [1.807, 2.05) is 25.4 Å². The monoisotopic (exact) mass is 293 g/mol. The van der Waals surface area contributed by atoms with Gasteiger partial charge < -0.3 is 5.73 Å². The zero-order valence-electron chi connectivity index (χ0n) is 11.3. The number of halogens is 2. The molecule has 1 unspecified atom stereocenters. The van der Waals surface area contributed by atoms with Gasteiger partial charge in [0.15, 0.2) is 0 Å². The molecule has 0 aliphatic heterocycles. The quantitative estimate of drug-likeness (QED) is 0.921. The molecule has 106 valence electrons. The molecule has 0 amide bonds. The topological polar surface area (TPSA) is 42.2 Å². The summed E-state index contributed by atoms with van der Waals surface area (Å²) in [5, 5.41) is 0.383. The van der Waals surface area contributed by atoms with Crippen LogP contribution in [0, 0.1) is 5.82 Å². The van der Waals surface area contributed by atoms with Gasteiger partial charge in [-0.1, -0.05) is 17.7 Å². The Kier molecular flexibility index (Phi) is 5.06. The van der Waals surface area contributed by atoms with E-state index >= 15 is 0 Å². The third kappa shape index (κ3) is 3.76. The predicted molar refractivity (Wildman–Crippen MR) is 78.9 cm³/mol. The fourth-order valence-corrected chi connectivity index (χ4v) is 2.46. The van der Waals surface area contributed by atoms with Gasteiger partial charge in [-0.2, -0.15) is 0 Å². The van der Waals surface area contributed by atoms with Crippen LogP contribution in [-0.2, 0) is 6.54 Å². The number of hydrogen-bond donors (Lipinski definition) is 1. The Morgan fingerprint density at radius 1 is 1.40 bits per heavy atom. The highest BCUT2D eigenvalue weighted by Crippen LogP contribution is 2.24. The van der Waals surface area contributed by atoms with Crippen LogP contribution in [0.25, 0.3) is 0 Å². The molecule has 0 spiro atoms. The van der Waals surface area contributed by atoms with Crippen LogP contribution in [0.1, 0.15) is 17.2 Å². The van der Waals surface area contributed by atoms with Crippen molar-refractivity contribution in [3.05, 3.63) is 64.7 Å². The van der Waals surface area contributed by atoms with Crippen LogP contribution in [0.5, 0.6) is 0 Å². The van der Waals surface area contributed by atoms with Crippen molar-refractivity contribution in [2.45, 2.75) is 12.6 Å². The number of hydrogen-bond acceptors (Lipinski definition) is 3. The number of nitrogens with zero attached hydrogens (tertiary/aromatic N) is 2. The Labute approximate surface area is 123 Å². The molecule has 1 aromatic heterocycles. The lowest BCUT2D eigenvalue weighted by atomic mass is 10.0. The highest BCUT2D eigenvalue weighted by Gasteiger charge is 2.17. The van der Waals surface area contributed by atoms with Crippen LogP contribution in [0.4, 0.5) is 4.39 Å². The molecule has 0 aliphatic rings. The van der Waals surface area contributed by atoms with Crippen LogP contribution in [0.3, 0.4) is 0 Å². The molecule has 2 N–H and O–H groups in total. The Bertz CT molecular complexity index is 542. The number of aromatic nitrogens is 1. The van der Waals surface area contributed by atoms with E-state index in [0.717, 1.165) is 11.1 Å². The Hall–Kier alpha value is -1.49. The Morgan fingerprint density at radius 2 is 2.20 bits per heavy atom. The lowest BCUT2D eigenvalue weighted by Gasteiger charge is -2.27. The van der Waals surface area contributed by atoms with Gasteiger partial charge in [-0.3, -0.25) is 9.88 Å². The number of likely N-dealkylation sites (N-methyl/N-ethyl adjacent to an activating group) is 1. The van der Waals surface area contributed by atoms with E-state index in [1.54, 1.807) is 12.3 Å². The van der Waals surface area contributed by atoms with Crippen molar-refractivity contribution < 1.29 is 4.39 Å². The normalized spacial score (nSPS) is 12.7. The van der Waals surface area contributed by atoms with Gasteiger partial charge >= 0.3 is 0 Å². The average Bonchev–Trinajstić information content (AvgIpc) is 2.39. The average molecular weight is 294 g/mol. The van der Waals surface area contributed by atoms with Crippen LogP contribution < -0.4 is 5.73 Å². The molecule has 3 nitrogen and oxygen atoms in total. The standard InChI is InChI=1S/C15H17ClFN3/c1-20(10-11-3-2-4-19-9-11)15(8-18)12-5-13(16)7-14(17)6-12/h2-7,9,15H,8,10,18H2,1H3. The summed E-state index contributed by atoms with van der Waals surface area (Å²) in [5.41, 5.74) is 7.70. The van der Waals surface area contributed by atoms with E-state index in [2.05, 4.69) is 9.88 Å². The van der Waals surface area contributed by atoms with Gasteiger partial charge in [0.05, 0.1) is 0 Å². The largest absolute Gasteiger partial charge is 0.329 e. The van der Waals surface area contributed by atoms with Crippen molar-refractivity contribution in [3.8, 4) is 0 Å². The van der Waals surface area contributed by atoms with Crippen LogP contribution in [0.15, 0.2) is 42.7 Å². The summed E-state index contributed by atoms with van der Waals surface area (Å²) in [4.78, 5) is 6.14. The molecule has 0 saturated carbocycles. The molecule has 20 heavy (non-hydrogen) atoms. The SMILES string of the molecule is CN(Cc1cccnc1)C(CN)c1cc(F)cc(Cl)c1. The maximum absolute atomic E-state index is 13.5. The highest BCUT2D eigenvalue weighted by molar-refractivity contribution is 6.30. The zero-order valence-corrected chi connectivity index (χ0v) is 12.0. The van der Waals surface area contributed by atoms with Gasteiger partial charge in [0, 0.05) is 36.5 Å². The number of nitrogens with two attached hydrogens (primary N) is 1. The molecule has 1 heterocycles. The predicted octanol–water partition coefficient (Wildman–Crippen LogP) is 3.01. The third-order valence-electron chi connectivity index (χ3n) is 3.18. The molecular formula is C15H17ClFN3. The molecule has 2 rings (SSSR count). The molecule has 1 atom stereocenters. The van der Waals surface area contributed by atoms with Crippen molar-refractivity contribution in [2.24, 2.45) is 5.73 Å². The summed E-state index contributed by atoms with van der Waals surface area (Å²) in [5.74, 6) is -0.347. The van der Waals surface area contributed by atoms with Crippen molar-refractivity contribution >= 4 is 11.6 Å². The molecule has 0 radical (unpaired) electrons. The molecule has 1 aromatic carbocycles. The zero-order chi connectivity index (χ0) is 14.5. The molecule has 0 bridgehead atoms. The van der Waals surface area contributed by atoms with Gasteiger partial charge in [-0.05, 0) is 42.4 Å². The van der Waals surface area contributed by atoms with Crippen molar-refractivity contribution in [2.75, 3.05) is 13.6 Å². The maximum Gasteiger partial charge on any atom is 0.125 e. The van der Waals surface area contributed by atoms with Crippen molar-refractivity contribution in [3.63, 3.8) is 0 Å². The number of rotatable bonds is 5. The smallest absolute Gasteiger partial charge is 0.125 e. The third-order valence-corrected chi connectivity index (χ3v) is 3.40. The first-order valence-corrected chi connectivity index (χ1v) is 6.73.